The molecule has 2 heterocycles. The van der Waals surface area contributed by atoms with Crippen LogP contribution in [-0.2, 0) is 4.79 Å². The SMILES string of the molecule is NC(=O)C1CC(O)CN1C(=O)c1ccc2c(c1)OCO2. The molecule has 7 heteroatoms. The van der Waals surface area contributed by atoms with Crippen LogP contribution in [0.4, 0.5) is 0 Å². The molecular weight excluding hydrogens is 264 g/mol. The lowest BCUT2D eigenvalue weighted by Crippen LogP contribution is -2.43. The smallest absolute Gasteiger partial charge is 0.254 e. The maximum absolute atomic E-state index is 12.4. The Balaban J connectivity index is 1.86. The molecular formula is C13H14N2O5. The minimum Gasteiger partial charge on any atom is -0.454 e. The standard InChI is InChI=1S/C13H14N2O5/c14-12(17)9-4-8(16)5-15(9)13(18)7-1-2-10-11(3-7)20-6-19-10/h1-3,8-9,16H,4-6H2,(H2,14,17). The van der Waals surface area contributed by atoms with Gasteiger partial charge in [-0.25, -0.2) is 0 Å². The number of hydrogen-bond acceptors (Lipinski definition) is 5. The number of fused-ring (bicyclic) bond motifs is 1. The lowest BCUT2D eigenvalue weighted by molar-refractivity contribution is -0.121. The van der Waals surface area contributed by atoms with E-state index in [1.807, 2.05) is 0 Å². The van der Waals surface area contributed by atoms with Crippen molar-refractivity contribution < 1.29 is 24.2 Å². The van der Waals surface area contributed by atoms with Gasteiger partial charge in [0.25, 0.3) is 5.91 Å². The van der Waals surface area contributed by atoms with E-state index in [0.717, 1.165) is 0 Å². The molecule has 2 aliphatic rings. The van der Waals surface area contributed by atoms with Gasteiger partial charge in [-0.1, -0.05) is 0 Å². The van der Waals surface area contributed by atoms with E-state index in [4.69, 9.17) is 15.2 Å². The van der Waals surface area contributed by atoms with Crippen molar-refractivity contribution in [2.75, 3.05) is 13.3 Å². The number of amides is 2. The molecule has 0 spiro atoms. The van der Waals surface area contributed by atoms with E-state index in [2.05, 4.69) is 0 Å². The topological polar surface area (TPSA) is 102 Å². The van der Waals surface area contributed by atoms with Crippen LogP contribution in [0.25, 0.3) is 0 Å². The van der Waals surface area contributed by atoms with Crippen molar-refractivity contribution in [3.8, 4) is 11.5 Å². The molecule has 2 amide bonds. The van der Waals surface area contributed by atoms with Crippen LogP contribution in [0.2, 0.25) is 0 Å². The van der Waals surface area contributed by atoms with Crippen LogP contribution in [0.1, 0.15) is 16.8 Å². The molecule has 0 bridgehead atoms. The Hall–Kier alpha value is -2.28. The molecule has 1 aromatic rings. The van der Waals surface area contributed by atoms with Crippen molar-refractivity contribution in [3.05, 3.63) is 23.8 Å². The van der Waals surface area contributed by atoms with E-state index in [1.165, 1.54) is 4.90 Å². The Bertz CT molecular complexity index is 574. The maximum Gasteiger partial charge on any atom is 0.254 e. The highest BCUT2D eigenvalue weighted by atomic mass is 16.7. The summed E-state index contributed by atoms with van der Waals surface area (Å²) in [6.45, 7) is 0.222. The highest BCUT2D eigenvalue weighted by Crippen LogP contribution is 2.33. The zero-order chi connectivity index (χ0) is 14.3. The van der Waals surface area contributed by atoms with Crippen LogP contribution < -0.4 is 15.2 Å². The lowest BCUT2D eigenvalue weighted by Gasteiger charge is -2.21. The first-order chi connectivity index (χ1) is 9.56. The number of rotatable bonds is 2. The lowest BCUT2D eigenvalue weighted by atomic mass is 10.1. The van der Waals surface area contributed by atoms with E-state index in [1.54, 1.807) is 18.2 Å². The van der Waals surface area contributed by atoms with Gasteiger partial charge in [-0.2, -0.15) is 0 Å². The Labute approximate surface area is 114 Å². The van der Waals surface area contributed by atoms with Crippen molar-refractivity contribution in [3.63, 3.8) is 0 Å². The molecule has 2 aliphatic heterocycles. The van der Waals surface area contributed by atoms with Crippen LogP contribution in [0.15, 0.2) is 18.2 Å². The van der Waals surface area contributed by atoms with Crippen LogP contribution in [-0.4, -0.2) is 47.3 Å². The molecule has 0 radical (unpaired) electrons. The number of aliphatic hydroxyl groups excluding tert-OH is 1. The third-order valence-corrected chi connectivity index (χ3v) is 3.49. The zero-order valence-corrected chi connectivity index (χ0v) is 10.6. The predicted molar refractivity (Wildman–Crippen MR) is 67.2 cm³/mol. The number of nitrogens with zero attached hydrogens (tertiary/aromatic N) is 1. The number of likely N-dealkylation sites (tertiary alicyclic amines) is 1. The van der Waals surface area contributed by atoms with E-state index < -0.39 is 18.1 Å². The first-order valence-corrected chi connectivity index (χ1v) is 6.24. The van der Waals surface area contributed by atoms with Crippen molar-refractivity contribution in [2.45, 2.75) is 18.6 Å². The third kappa shape index (κ3) is 2.05. The molecule has 7 nitrogen and oxygen atoms in total. The summed E-state index contributed by atoms with van der Waals surface area (Å²) < 4.78 is 10.4. The molecule has 1 saturated heterocycles. The zero-order valence-electron chi connectivity index (χ0n) is 10.6. The second-order valence-corrected chi connectivity index (χ2v) is 4.83. The van der Waals surface area contributed by atoms with Crippen LogP contribution in [0, 0.1) is 0 Å². The number of primary amides is 1. The number of β-amino-alcohol motifs (C(OH)–C–C–N with tert-alkyl or cyclic N) is 1. The highest BCUT2D eigenvalue weighted by Gasteiger charge is 2.38. The van der Waals surface area contributed by atoms with E-state index in [9.17, 15) is 14.7 Å². The summed E-state index contributed by atoms with van der Waals surface area (Å²) in [5, 5.41) is 9.62. The Morgan fingerprint density at radius 1 is 1.30 bits per heavy atom. The molecule has 2 unspecified atom stereocenters. The van der Waals surface area contributed by atoms with Gasteiger partial charge in [-0.3, -0.25) is 9.59 Å². The molecule has 2 atom stereocenters. The average molecular weight is 278 g/mol. The molecule has 3 N–H and O–H groups in total. The van der Waals surface area contributed by atoms with Gasteiger partial charge in [0.2, 0.25) is 12.7 Å². The second-order valence-electron chi connectivity index (χ2n) is 4.83. The monoisotopic (exact) mass is 278 g/mol. The van der Waals surface area contributed by atoms with Crippen molar-refractivity contribution >= 4 is 11.8 Å². The number of hydrogen-bond donors (Lipinski definition) is 2. The highest BCUT2D eigenvalue weighted by molar-refractivity contribution is 5.98. The van der Waals surface area contributed by atoms with Gasteiger partial charge >= 0.3 is 0 Å². The summed E-state index contributed by atoms with van der Waals surface area (Å²) in [4.78, 5) is 25.1. The van der Waals surface area contributed by atoms with Gasteiger partial charge in [0.05, 0.1) is 6.10 Å². The number of nitrogens with two attached hydrogens (primary N) is 1. The fraction of sp³-hybridized carbons (Fsp3) is 0.385. The molecule has 0 aliphatic carbocycles. The van der Waals surface area contributed by atoms with E-state index >= 15 is 0 Å². The minimum absolute atomic E-state index is 0.0981. The summed E-state index contributed by atoms with van der Waals surface area (Å²) in [5.41, 5.74) is 5.64. The third-order valence-electron chi connectivity index (χ3n) is 3.49. The molecule has 20 heavy (non-hydrogen) atoms. The van der Waals surface area contributed by atoms with Crippen molar-refractivity contribution in [1.29, 1.82) is 0 Å². The average Bonchev–Trinajstić information content (AvgIpc) is 3.02. The van der Waals surface area contributed by atoms with Crippen molar-refractivity contribution in [2.24, 2.45) is 5.73 Å². The van der Waals surface area contributed by atoms with Crippen LogP contribution in [0.5, 0.6) is 11.5 Å². The Morgan fingerprint density at radius 3 is 2.80 bits per heavy atom. The summed E-state index contributed by atoms with van der Waals surface area (Å²) in [5.74, 6) is 0.0972. The van der Waals surface area contributed by atoms with Crippen LogP contribution in [0.3, 0.4) is 0 Å². The Morgan fingerprint density at radius 2 is 2.05 bits per heavy atom. The number of aliphatic hydroxyl groups is 1. The maximum atomic E-state index is 12.4. The summed E-state index contributed by atoms with van der Waals surface area (Å²) in [7, 11) is 0. The van der Waals surface area contributed by atoms with Gasteiger partial charge < -0.3 is 25.2 Å². The summed E-state index contributed by atoms with van der Waals surface area (Å²) in [6.07, 6.45) is -0.559. The van der Waals surface area contributed by atoms with Gasteiger partial charge in [-0.05, 0) is 18.2 Å². The molecule has 0 saturated carbocycles. The fourth-order valence-electron chi connectivity index (χ4n) is 2.50. The van der Waals surface area contributed by atoms with Gasteiger partial charge in [0.15, 0.2) is 11.5 Å². The van der Waals surface area contributed by atoms with Crippen LogP contribution >= 0.6 is 0 Å². The largest absolute Gasteiger partial charge is 0.454 e. The van der Waals surface area contributed by atoms with E-state index in [0.29, 0.717) is 17.1 Å². The number of benzene rings is 1. The summed E-state index contributed by atoms with van der Waals surface area (Å²) in [6, 6.07) is 4.02. The molecule has 106 valence electrons. The number of carbonyl (C=O) groups is 2. The van der Waals surface area contributed by atoms with Gasteiger partial charge in [0.1, 0.15) is 6.04 Å². The minimum atomic E-state index is -0.775. The number of ether oxygens (including phenoxy) is 2. The molecule has 1 aromatic carbocycles. The quantitative estimate of drug-likeness (QED) is 0.757. The first kappa shape index (κ1) is 12.7. The predicted octanol–water partition coefficient (Wildman–Crippen LogP) is -0.524. The molecule has 1 fully saturated rings. The van der Waals surface area contributed by atoms with E-state index in [-0.39, 0.29) is 25.7 Å². The molecule has 3 rings (SSSR count). The normalized spacial score (nSPS) is 23.9. The molecule has 0 aromatic heterocycles. The Kier molecular flexibility index (Phi) is 2.98. The van der Waals surface area contributed by atoms with Crippen molar-refractivity contribution in [1.82, 2.24) is 4.90 Å². The summed E-state index contributed by atoms with van der Waals surface area (Å²) >= 11 is 0. The second kappa shape index (κ2) is 4.68. The first-order valence-electron chi connectivity index (χ1n) is 6.24. The fourth-order valence-corrected chi connectivity index (χ4v) is 2.50. The number of carbonyl (C=O) groups excluding carboxylic acids is 2. The van der Waals surface area contributed by atoms with Gasteiger partial charge in [-0.15, -0.1) is 0 Å². The van der Waals surface area contributed by atoms with Gasteiger partial charge in [0, 0.05) is 18.5 Å².